The van der Waals surface area contributed by atoms with E-state index < -0.39 is 12.3 Å². The number of rotatable bonds is 0. The molecule has 0 saturated carbocycles. The molecule has 0 aromatic heterocycles. The van der Waals surface area contributed by atoms with Crippen LogP contribution >= 0.6 is 0 Å². The van der Waals surface area contributed by atoms with Crippen molar-refractivity contribution in [2.75, 3.05) is 26.4 Å². The molecule has 0 radical (unpaired) electrons. The zero-order valence-electron chi connectivity index (χ0n) is 21.1. The van der Waals surface area contributed by atoms with Gasteiger partial charge in [-0.05, 0) is 25.7 Å². The molecule has 1 aliphatic rings. The van der Waals surface area contributed by atoms with Gasteiger partial charge in [0.2, 0.25) is 0 Å². The van der Waals surface area contributed by atoms with Crippen LogP contribution in [0.1, 0.15) is 135 Å². The Morgan fingerprint density at radius 3 is 0.606 bits per heavy atom. The lowest BCUT2D eigenvalue weighted by Crippen LogP contribution is -2.09. The van der Waals surface area contributed by atoms with Crippen molar-refractivity contribution in [1.82, 2.24) is 0 Å². The van der Waals surface area contributed by atoms with Gasteiger partial charge < -0.3 is 18.9 Å². The summed E-state index contributed by atoms with van der Waals surface area (Å²) >= 11 is 0. The van der Waals surface area contributed by atoms with E-state index in [1.54, 1.807) is 0 Å². The van der Waals surface area contributed by atoms with E-state index in [-0.39, 0.29) is 0 Å². The lowest BCUT2D eigenvalue weighted by atomic mass is 10.1. The molecular formula is C27H50O6. The molecular weight excluding hydrogens is 420 g/mol. The fraction of sp³-hybridized carbons (Fsp3) is 0.926. The maximum atomic E-state index is 11.6. The Bertz CT molecular complexity index is 414. The van der Waals surface area contributed by atoms with E-state index in [0.717, 1.165) is 51.4 Å². The summed E-state index contributed by atoms with van der Waals surface area (Å²) in [6.07, 6.45) is 23.2. The molecule has 1 heterocycles. The Labute approximate surface area is 202 Å². The largest absolute Gasteiger partial charge is 0.508 e. The summed E-state index contributed by atoms with van der Waals surface area (Å²) < 4.78 is 20.6. The molecule has 1 saturated heterocycles. The maximum absolute atomic E-state index is 11.6. The second kappa shape index (κ2) is 23.7. The van der Waals surface area contributed by atoms with Crippen LogP contribution in [-0.2, 0) is 18.9 Å². The molecule has 6 heteroatoms. The summed E-state index contributed by atoms with van der Waals surface area (Å²) in [5.74, 6) is 0. The Kier molecular flexibility index (Phi) is 21.2. The van der Waals surface area contributed by atoms with Gasteiger partial charge in [0.25, 0.3) is 0 Å². The molecule has 0 N–H and O–H groups in total. The summed E-state index contributed by atoms with van der Waals surface area (Å²) in [6.45, 7) is 1.87. The van der Waals surface area contributed by atoms with Crippen LogP contribution in [0.2, 0.25) is 0 Å². The highest BCUT2D eigenvalue weighted by molar-refractivity contribution is 5.60. The molecule has 1 aliphatic heterocycles. The van der Waals surface area contributed by atoms with Gasteiger partial charge in [0.1, 0.15) is 0 Å². The topological polar surface area (TPSA) is 71.1 Å². The van der Waals surface area contributed by atoms with E-state index in [4.69, 9.17) is 18.9 Å². The first kappa shape index (κ1) is 29.6. The van der Waals surface area contributed by atoms with Crippen LogP contribution in [0.15, 0.2) is 0 Å². The van der Waals surface area contributed by atoms with Crippen LogP contribution < -0.4 is 0 Å². The molecule has 194 valence electrons. The van der Waals surface area contributed by atoms with Crippen molar-refractivity contribution >= 4 is 12.3 Å². The van der Waals surface area contributed by atoms with Crippen molar-refractivity contribution in [2.45, 2.75) is 135 Å². The van der Waals surface area contributed by atoms with Crippen LogP contribution in [0.4, 0.5) is 9.59 Å². The number of hydrogen-bond donors (Lipinski definition) is 0. The summed E-state index contributed by atoms with van der Waals surface area (Å²) in [6, 6.07) is 0. The van der Waals surface area contributed by atoms with E-state index in [1.807, 2.05) is 0 Å². The lowest BCUT2D eigenvalue weighted by Gasteiger charge is -2.07. The van der Waals surface area contributed by atoms with Crippen LogP contribution in [-0.4, -0.2) is 38.7 Å². The highest BCUT2D eigenvalue weighted by Gasteiger charge is 2.04. The third-order valence-electron chi connectivity index (χ3n) is 6.21. The lowest BCUT2D eigenvalue weighted by molar-refractivity contribution is 0.0520. The van der Waals surface area contributed by atoms with Gasteiger partial charge >= 0.3 is 12.3 Å². The third-order valence-corrected chi connectivity index (χ3v) is 6.21. The molecule has 33 heavy (non-hydrogen) atoms. The highest BCUT2D eigenvalue weighted by Crippen LogP contribution is 2.13. The average molecular weight is 471 g/mol. The quantitative estimate of drug-likeness (QED) is 0.330. The smallest absolute Gasteiger partial charge is 0.434 e. The molecule has 0 unspecified atom stereocenters. The van der Waals surface area contributed by atoms with Crippen molar-refractivity contribution < 1.29 is 28.5 Å². The Morgan fingerprint density at radius 2 is 0.424 bits per heavy atom. The van der Waals surface area contributed by atoms with Gasteiger partial charge in [0.05, 0.1) is 26.4 Å². The van der Waals surface area contributed by atoms with Crippen LogP contribution in [0.25, 0.3) is 0 Å². The summed E-state index contributed by atoms with van der Waals surface area (Å²) in [7, 11) is 0. The van der Waals surface area contributed by atoms with Crippen molar-refractivity contribution in [3.63, 3.8) is 0 Å². The first-order valence-corrected chi connectivity index (χ1v) is 13.9. The normalized spacial score (nSPS) is 22.4. The SMILES string of the molecule is O=C1OCCCCCCCCCCCCCCOC(=O)OCCCCCCCCCCCO1. The minimum absolute atomic E-state index is 0.460. The second-order valence-corrected chi connectivity index (χ2v) is 9.32. The summed E-state index contributed by atoms with van der Waals surface area (Å²) in [5.41, 5.74) is 0. The Hall–Kier alpha value is -1.46. The third kappa shape index (κ3) is 22.1. The molecule has 1 rings (SSSR count). The standard InChI is InChI=1S/C27H50O6/c28-26-30-22-18-14-10-6-3-1-2-4-7-11-15-19-23-31-27(29)33-25-21-17-13-9-5-8-12-16-20-24-32-26/h1-25H2. The van der Waals surface area contributed by atoms with Crippen LogP contribution in [0, 0.1) is 0 Å². The monoisotopic (exact) mass is 470 g/mol. The first-order chi connectivity index (χ1) is 16.3. The van der Waals surface area contributed by atoms with Crippen molar-refractivity contribution in [3.8, 4) is 0 Å². The van der Waals surface area contributed by atoms with Crippen LogP contribution in [0.5, 0.6) is 0 Å². The van der Waals surface area contributed by atoms with Gasteiger partial charge in [-0.2, -0.15) is 0 Å². The molecule has 0 amide bonds. The van der Waals surface area contributed by atoms with Crippen LogP contribution in [0.3, 0.4) is 0 Å². The van der Waals surface area contributed by atoms with E-state index >= 15 is 0 Å². The number of hydrogen-bond acceptors (Lipinski definition) is 6. The fourth-order valence-corrected chi connectivity index (χ4v) is 4.12. The molecule has 6 nitrogen and oxygen atoms in total. The predicted molar refractivity (Wildman–Crippen MR) is 132 cm³/mol. The summed E-state index contributed by atoms with van der Waals surface area (Å²) in [4.78, 5) is 23.2. The Morgan fingerprint density at radius 1 is 0.273 bits per heavy atom. The van der Waals surface area contributed by atoms with E-state index in [2.05, 4.69) is 0 Å². The fourth-order valence-electron chi connectivity index (χ4n) is 4.12. The van der Waals surface area contributed by atoms with Crippen molar-refractivity contribution in [3.05, 3.63) is 0 Å². The Balaban J connectivity index is 2.12. The van der Waals surface area contributed by atoms with E-state index in [0.29, 0.717) is 26.4 Å². The van der Waals surface area contributed by atoms with Crippen molar-refractivity contribution in [1.29, 1.82) is 0 Å². The molecule has 0 aromatic carbocycles. The average Bonchev–Trinajstić information content (AvgIpc) is 2.81. The van der Waals surface area contributed by atoms with Gasteiger partial charge in [0, 0.05) is 0 Å². The van der Waals surface area contributed by atoms with Gasteiger partial charge in [-0.25, -0.2) is 9.59 Å². The van der Waals surface area contributed by atoms with Gasteiger partial charge in [-0.3, -0.25) is 0 Å². The molecule has 0 atom stereocenters. The van der Waals surface area contributed by atoms with Gasteiger partial charge in [0.15, 0.2) is 0 Å². The number of cyclic esters (lactones) is 4. The first-order valence-electron chi connectivity index (χ1n) is 13.9. The number of carbonyl (C=O) groups is 2. The highest BCUT2D eigenvalue weighted by atomic mass is 16.7. The number of ether oxygens (including phenoxy) is 4. The van der Waals surface area contributed by atoms with E-state index in [1.165, 1.54) is 83.5 Å². The van der Waals surface area contributed by atoms with Crippen molar-refractivity contribution in [2.24, 2.45) is 0 Å². The summed E-state index contributed by atoms with van der Waals surface area (Å²) in [5, 5.41) is 0. The predicted octanol–water partition coefficient (Wildman–Crippen LogP) is 8.50. The minimum atomic E-state index is -0.511. The van der Waals surface area contributed by atoms with Gasteiger partial charge in [-0.15, -0.1) is 0 Å². The maximum Gasteiger partial charge on any atom is 0.508 e. The zero-order valence-corrected chi connectivity index (χ0v) is 21.1. The molecule has 0 aliphatic carbocycles. The van der Waals surface area contributed by atoms with Gasteiger partial charge in [-0.1, -0.05) is 109 Å². The molecule has 0 spiro atoms. The minimum Gasteiger partial charge on any atom is -0.434 e. The molecule has 1 fully saturated rings. The number of carbonyl (C=O) groups excluding carboxylic acids is 2. The zero-order chi connectivity index (χ0) is 23.7. The van der Waals surface area contributed by atoms with E-state index in [9.17, 15) is 9.59 Å². The molecule has 0 bridgehead atoms. The second-order valence-electron chi connectivity index (χ2n) is 9.32. The molecule has 0 aromatic rings.